The number of H-pyrrole nitrogens is 1. The number of carbonyl (C=O) groups is 3. The lowest BCUT2D eigenvalue weighted by Crippen LogP contribution is -2.38. The molecule has 4 heterocycles. The maximum absolute atomic E-state index is 13.2. The number of aromatic amines is 1. The fourth-order valence-electron chi connectivity index (χ4n) is 4.84. The minimum atomic E-state index is -0.872. The number of nitrogens with one attached hydrogen (secondary N) is 1. The van der Waals surface area contributed by atoms with E-state index in [-0.39, 0.29) is 17.0 Å². The normalized spacial score (nSPS) is 20.6. The van der Waals surface area contributed by atoms with Gasteiger partial charge in [-0.15, -0.1) is 0 Å². The number of aryl methyl sites for hydroxylation is 2. The third kappa shape index (κ3) is 4.63. The molecular formula is C25H31N3O7. The number of furan rings is 1. The zero-order valence-corrected chi connectivity index (χ0v) is 20.5. The van der Waals surface area contributed by atoms with Gasteiger partial charge in [-0.25, -0.2) is 4.79 Å². The summed E-state index contributed by atoms with van der Waals surface area (Å²) in [5.74, 6) is -1.39. The molecule has 2 aromatic heterocycles. The molecule has 2 fully saturated rings. The third-order valence-electron chi connectivity index (χ3n) is 6.61. The van der Waals surface area contributed by atoms with E-state index in [1.165, 1.54) is 12.0 Å². The summed E-state index contributed by atoms with van der Waals surface area (Å²) in [6.45, 7) is 9.20. The Hall–Kier alpha value is -3.37. The summed E-state index contributed by atoms with van der Waals surface area (Å²) >= 11 is 0. The van der Waals surface area contributed by atoms with Crippen molar-refractivity contribution in [1.29, 1.82) is 0 Å². The summed E-state index contributed by atoms with van der Waals surface area (Å²) in [5.41, 5.74) is 1.33. The quantitative estimate of drug-likeness (QED) is 0.265. The number of ketones is 1. The Bertz CT molecular complexity index is 1170. The van der Waals surface area contributed by atoms with E-state index in [9.17, 15) is 19.5 Å². The highest BCUT2D eigenvalue weighted by molar-refractivity contribution is 6.46. The van der Waals surface area contributed by atoms with Crippen molar-refractivity contribution in [2.24, 2.45) is 0 Å². The Balaban J connectivity index is 1.72. The molecule has 0 radical (unpaired) electrons. The highest BCUT2D eigenvalue weighted by atomic mass is 16.5. The topological polar surface area (TPSA) is 125 Å². The lowest BCUT2D eigenvalue weighted by Gasteiger charge is -2.28. The van der Waals surface area contributed by atoms with Gasteiger partial charge in [0.05, 0.1) is 25.9 Å². The van der Waals surface area contributed by atoms with Crippen molar-refractivity contribution in [1.82, 2.24) is 14.8 Å². The van der Waals surface area contributed by atoms with Crippen LogP contribution in [0.3, 0.4) is 0 Å². The van der Waals surface area contributed by atoms with Gasteiger partial charge in [-0.3, -0.25) is 14.5 Å². The highest BCUT2D eigenvalue weighted by Gasteiger charge is 2.47. The molecule has 0 aromatic carbocycles. The second-order valence-corrected chi connectivity index (χ2v) is 8.87. The standard InChI is InChI=1S/C25H31N3O7/c1-14-6-7-17(35-14)21-19(22(29)18-15(2)20(25(32)33-4)26-16(18)3)23(30)24(31)28(21)9-5-8-27-10-12-34-13-11-27/h6-7,21,26,29H,5,8-13H2,1-4H3/b22-19+/t21-/m0/s1. The summed E-state index contributed by atoms with van der Waals surface area (Å²) in [7, 11) is 1.26. The van der Waals surface area contributed by atoms with Crippen LogP contribution in [0.25, 0.3) is 5.76 Å². The fraction of sp³-hybridized carbons (Fsp3) is 0.480. The van der Waals surface area contributed by atoms with E-state index in [1.807, 2.05) is 0 Å². The molecule has 10 heteroatoms. The molecule has 2 aromatic rings. The SMILES string of the molecule is COC(=O)c1[nH]c(C)c(/C(O)=C2\C(=O)C(=O)N(CCCN3CCOCC3)[C@H]2c2ccc(C)o2)c1C. The summed E-state index contributed by atoms with van der Waals surface area (Å²) in [5, 5.41) is 11.4. The van der Waals surface area contributed by atoms with Crippen LogP contribution in [0.15, 0.2) is 22.1 Å². The molecule has 0 unspecified atom stereocenters. The van der Waals surface area contributed by atoms with E-state index in [0.29, 0.717) is 54.5 Å². The first kappa shape index (κ1) is 24.7. The van der Waals surface area contributed by atoms with Crippen LogP contribution in [-0.2, 0) is 19.1 Å². The number of likely N-dealkylation sites (tertiary alicyclic amines) is 1. The van der Waals surface area contributed by atoms with Crippen LogP contribution in [0.1, 0.15) is 51.3 Å². The van der Waals surface area contributed by atoms with Crippen LogP contribution in [0.2, 0.25) is 0 Å². The van der Waals surface area contributed by atoms with Gasteiger partial charge in [0.25, 0.3) is 11.7 Å². The zero-order chi connectivity index (χ0) is 25.3. The van der Waals surface area contributed by atoms with Crippen molar-refractivity contribution in [2.75, 3.05) is 46.5 Å². The number of aliphatic hydroxyl groups excluding tert-OH is 1. The zero-order valence-electron chi connectivity index (χ0n) is 20.5. The van der Waals surface area contributed by atoms with Crippen LogP contribution in [0.5, 0.6) is 0 Å². The van der Waals surface area contributed by atoms with E-state index >= 15 is 0 Å². The van der Waals surface area contributed by atoms with Gasteiger partial charge in [0, 0.05) is 37.4 Å². The largest absolute Gasteiger partial charge is 0.507 e. The number of amides is 1. The monoisotopic (exact) mass is 485 g/mol. The van der Waals surface area contributed by atoms with Crippen LogP contribution in [-0.4, -0.2) is 84.1 Å². The Kier molecular flexibility index (Phi) is 7.13. The average molecular weight is 486 g/mol. The van der Waals surface area contributed by atoms with E-state index in [1.54, 1.807) is 32.9 Å². The first-order valence-electron chi connectivity index (χ1n) is 11.7. The molecule has 4 rings (SSSR count). The van der Waals surface area contributed by atoms with E-state index in [4.69, 9.17) is 13.9 Å². The second-order valence-electron chi connectivity index (χ2n) is 8.87. The van der Waals surface area contributed by atoms with Crippen molar-refractivity contribution in [2.45, 2.75) is 33.2 Å². The van der Waals surface area contributed by atoms with Crippen molar-refractivity contribution < 1.29 is 33.4 Å². The van der Waals surface area contributed by atoms with Gasteiger partial charge >= 0.3 is 5.97 Å². The summed E-state index contributed by atoms with van der Waals surface area (Å²) in [6.07, 6.45) is 0.651. The third-order valence-corrected chi connectivity index (χ3v) is 6.61. The van der Waals surface area contributed by atoms with Gasteiger partial charge in [0.15, 0.2) is 0 Å². The summed E-state index contributed by atoms with van der Waals surface area (Å²) in [4.78, 5) is 45.1. The number of ether oxygens (including phenoxy) is 2. The van der Waals surface area contributed by atoms with E-state index in [2.05, 4.69) is 9.88 Å². The smallest absolute Gasteiger partial charge is 0.354 e. The van der Waals surface area contributed by atoms with Crippen LogP contribution in [0.4, 0.5) is 0 Å². The lowest BCUT2D eigenvalue weighted by atomic mass is 9.97. The maximum atomic E-state index is 13.2. The Morgan fingerprint density at radius 2 is 1.89 bits per heavy atom. The Labute approximate surface area is 203 Å². The molecule has 2 saturated heterocycles. The van der Waals surface area contributed by atoms with Gasteiger partial charge in [-0.2, -0.15) is 0 Å². The number of carbonyl (C=O) groups excluding carboxylic acids is 3. The predicted molar refractivity (Wildman–Crippen MR) is 126 cm³/mol. The number of hydrogen-bond acceptors (Lipinski definition) is 8. The number of rotatable bonds is 7. The first-order valence-corrected chi connectivity index (χ1v) is 11.7. The Morgan fingerprint density at radius 3 is 2.51 bits per heavy atom. The Morgan fingerprint density at radius 1 is 1.17 bits per heavy atom. The number of Topliss-reactive ketones (excluding diaryl/α,β-unsaturated/α-hetero) is 1. The molecule has 188 valence electrons. The van der Waals surface area contributed by atoms with Crippen LogP contribution in [0, 0.1) is 20.8 Å². The van der Waals surface area contributed by atoms with Gasteiger partial charge in [0.2, 0.25) is 0 Å². The molecule has 10 nitrogen and oxygen atoms in total. The van der Waals surface area contributed by atoms with Gasteiger partial charge < -0.3 is 28.9 Å². The van der Waals surface area contributed by atoms with Crippen LogP contribution < -0.4 is 0 Å². The molecule has 2 aliphatic heterocycles. The molecule has 1 amide bonds. The van der Waals surface area contributed by atoms with E-state index < -0.39 is 23.7 Å². The minimum Gasteiger partial charge on any atom is -0.507 e. The number of hydrogen-bond donors (Lipinski definition) is 2. The molecule has 35 heavy (non-hydrogen) atoms. The average Bonchev–Trinajstić information content (AvgIpc) is 3.48. The molecule has 2 aliphatic rings. The molecule has 2 N–H and O–H groups in total. The second kappa shape index (κ2) is 10.1. The molecule has 0 saturated carbocycles. The number of aromatic nitrogens is 1. The number of aliphatic hydroxyl groups is 1. The molecule has 0 spiro atoms. The molecule has 0 aliphatic carbocycles. The van der Waals surface area contributed by atoms with Gasteiger partial charge in [0.1, 0.15) is 29.0 Å². The molecule has 0 bridgehead atoms. The van der Waals surface area contributed by atoms with Gasteiger partial charge in [-0.1, -0.05) is 0 Å². The van der Waals surface area contributed by atoms with Crippen molar-refractivity contribution in [3.05, 3.63) is 51.7 Å². The van der Waals surface area contributed by atoms with E-state index in [0.717, 1.165) is 19.6 Å². The molecule has 1 atom stereocenters. The molecular weight excluding hydrogens is 454 g/mol. The highest BCUT2D eigenvalue weighted by Crippen LogP contribution is 2.41. The summed E-state index contributed by atoms with van der Waals surface area (Å²) < 4.78 is 16.0. The number of methoxy groups -OCH3 is 1. The van der Waals surface area contributed by atoms with Gasteiger partial charge in [-0.05, 0) is 44.9 Å². The van der Waals surface area contributed by atoms with Crippen molar-refractivity contribution >= 4 is 23.4 Å². The first-order chi connectivity index (χ1) is 16.7. The van der Waals surface area contributed by atoms with Crippen molar-refractivity contribution in [3.8, 4) is 0 Å². The minimum absolute atomic E-state index is 0.0580. The van der Waals surface area contributed by atoms with Crippen LogP contribution >= 0.6 is 0 Å². The number of nitrogens with zero attached hydrogens (tertiary/aromatic N) is 2. The fourth-order valence-corrected chi connectivity index (χ4v) is 4.84. The summed E-state index contributed by atoms with van der Waals surface area (Å²) in [6, 6.07) is 2.60. The van der Waals surface area contributed by atoms with Crippen molar-refractivity contribution in [3.63, 3.8) is 0 Å². The lowest BCUT2D eigenvalue weighted by molar-refractivity contribution is -0.140. The predicted octanol–water partition coefficient (Wildman–Crippen LogP) is 2.46. The maximum Gasteiger partial charge on any atom is 0.354 e. The number of morpholine rings is 1. The number of esters is 1.